The maximum atomic E-state index is 11.8. The molecule has 1 aromatic carbocycles. The highest BCUT2D eigenvalue weighted by molar-refractivity contribution is 14.0. The lowest BCUT2D eigenvalue weighted by Gasteiger charge is -2.25. The summed E-state index contributed by atoms with van der Waals surface area (Å²) in [6.45, 7) is 14.5. The molecular weight excluding hydrogens is 509 g/mol. The number of aliphatic imine (C=N–C) groups is 1. The van der Waals surface area contributed by atoms with E-state index in [4.69, 9.17) is 9.47 Å². The second kappa shape index (κ2) is 14.5. The first kappa shape index (κ1) is 27.4. The number of carbonyl (C=O) groups excluding carboxylic acids is 1. The first-order chi connectivity index (χ1) is 14.4. The average molecular weight is 547 g/mol. The van der Waals surface area contributed by atoms with E-state index in [1.165, 1.54) is 5.56 Å². The summed E-state index contributed by atoms with van der Waals surface area (Å²) in [5.41, 5.74) is 1.39. The van der Waals surface area contributed by atoms with E-state index in [1.54, 1.807) is 0 Å². The summed E-state index contributed by atoms with van der Waals surface area (Å²) >= 11 is 0. The van der Waals surface area contributed by atoms with Crippen molar-refractivity contribution in [1.29, 1.82) is 0 Å². The summed E-state index contributed by atoms with van der Waals surface area (Å²) in [4.78, 5) is 18.9. The summed E-state index contributed by atoms with van der Waals surface area (Å²) in [6.07, 6.45) is 0.418. The molecule has 8 nitrogen and oxygen atoms in total. The minimum atomic E-state index is -0.510. The zero-order valence-electron chi connectivity index (χ0n) is 19.2. The molecule has 0 aromatic heterocycles. The normalized spacial score (nSPS) is 15.0. The van der Waals surface area contributed by atoms with E-state index < -0.39 is 11.7 Å². The Kier molecular flexibility index (Phi) is 12.8. The van der Waals surface area contributed by atoms with Gasteiger partial charge in [0.05, 0.1) is 19.8 Å². The lowest BCUT2D eigenvalue weighted by atomic mass is 10.1. The predicted octanol–water partition coefficient (Wildman–Crippen LogP) is 3.08. The van der Waals surface area contributed by atoms with Crippen molar-refractivity contribution in [1.82, 2.24) is 15.5 Å². The molecule has 0 bridgehead atoms. The molecule has 0 spiro atoms. The van der Waals surface area contributed by atoms with Crippen LogP contribution < -0.4 is 16.0 Å². The fraction of sp³-hybridized carbons (Fsp3) is 0.636. The largest absolute Gasteiger partial charge is 0.444 e. The third-order valence-corrected chi connectivity index (χ3v) is 4.44. The van der Waals surface area contributed by atoms with Gasteiger partial charge < -0.3 is 20.1 Å². The van der Waals surface area contributed by atoms with Gasteiger partial charge in [0, 0.05) is 38.4 Å². The summed E-state index contributed by atoms with van der Waals surface area (Å²) in [5.74, 6) is 0.842. The fourth-order valence-electron chi connectivity index (χ4n) is 2.97. The molecular formula is C22H38IN5O3. The number of hydrogen-bond donors (Lipinski definition) is 3. The topological polar surface area (TPSA) is 87.2 Å². The summed E-state index contributed by atoms with van der Waals surface area (Å²) in [6, 6.07) is 7.80. The SMILES string of the molecule is CCNC(=NCCN1CCOCC1)NCCc1ccc(NC(=O)OC(C)(C)C)cc1.I. The third-order valence-electron chi connectivity index (χ3n) is 4.44. The first-order valence-electron chi connectivity index (χ1n) is 10.8. The van der Waals surface area contributed by atoms with Crippen LogP contribution in [0.15, 0.2) is 29.3 Å². The second-order valence-corrected chi connectivity index (χ2v) is 8.22. The van der Waals surface area contributed by atoms with Crippen molar-refractivity contribution in [2.75, 3.05) is 57.8 Å². The highest BCUT2D eigenvalue weighted by Crippen LogP contribution is 2.13. The highest BCUT2D eigenvalue weighted by atomic mass is 127. The Morgan fingerprint density at radius 2 is 1.84 bits per heavy atom. The maximum absolute atomic E-state index is 11.8. The van der Waals surface area contributed by atoms with Crippen LogP contribution in [-0.4, -0.2) is 75.0 Å². The van der Waals surface area contributed by atoms with Gasteiger partial charge in [0.1, 0.15) is 5.60 Å². The number of nitrogens with zero attached hydrogens (tertiary/aromatic N) is 2. The maximum Gasteiger partial charge on any atom is 0.412 e. The molecule has 9 heteroatoms. The Morgan fingerprint density at radius 3 is 2.45 bits per heavy atom. The van der Waals surface area contributed by atoms with E-state index in [0.717, 1.165) is 70.6 Å². The number of anilines is 1. The number of ether oxygens (including phenoxy) is 2. The first-order valence-corrected chi connectivity index (χ1v) is 10.8. The molecule has 3 N–H and O–H groups in total. The van der Waals surface area contributed by atoms with Gasteiger partial charge in [0.25, 0.3) is 0 Å². The quantitative estimate of drug-likeness (QED) is 0.264. The number of amides is 1. The van der Waals surface area contributed by atoms with Gasteiger partial charge in [0.15, 0.2) is 5.96 Å². The van der Waals surface area contributed by atoms with Crippen LogP contribution >= 0.6 is 24.0 Å². The number of rotatable bonds is 8. The number of benzene rings is 1. The van der Waals surface area contributed by atoms with Gasteiger partial charge in [-0.25, -0.2) is 4.79 Å². The molecule has 0 saturated carbocycles. The highest BCUT2D eigenvalue weighted by Gasteiger charge is 2.16. The van der Waals surface area contributed by atoms with Crippen LogP contribution in [0, 0.1) is 0 Å². The fourth-order valence-corrected chi connectivity index (χ4v) is 2.97. The van der Waals surface area contributed by atoms with Gasteiger partial charge in [-0.1, -0.05) is 12.1 Å². The second-order valence-electron chi connectivity index (χ2n) is 8.22. The predicted molar refractivity (Wildman–Crippen MR) is 137 cm³/mol. The molecule has 1 aliphatic heterocycles. The molecule has 0 unspecified atom stereocenters. The molecule has 1 heterocycles. The number of nitrogens with one attached hydrogen (secondary N) is 3. The standard InChI is InChI=1S/C22H37N5O3.HI/c1-5-23-20(25-12-13-27-14-16-29-17-15-27)24-11-10-18-6-8-19(9-7-18)26-21(28)30-22(2,3)4;/h6-9H,5,10-17H2,1-4H3,(H,26,28)(H2,23,24,25);1H. The smallest absolute Gasteiger partial charge is 0.412 e. The molecule has 0 atom stereocenters. The molecule has 1 saturated heterocycles. The molecule has 1 fully saturated rings. The van der Waals surface area contributed by atoms with Gasteiger partial charge in [0.2, 0.25) is 0 Å². The minimum Gasteiger partial charge on any atom is -0.444 e. The van der Waals surface area contributed by atoms with Crippen LogP contribution in [0.4, 0.5) is 10.5 Å². The van der Waals surface area contributed by atoms with Crippen LogP contribution in [-0.2, 0) is 15.9 Å². The van der Waals surface area contributed by atoms with Gasteiger partial charge >= 0.3 is 6.09 Å². The van der Waals surface area contributed by atoms with E-state index in [1.807, 2.05) is 45.0 Å². The molecule has 1 aromatic rings. The van der Waals surface area contributed by atoms with Crippen LogP contribution in [0.5, 0.6) is 0 Å². The third kappa shape index (κ3) is 12.1. The Labute approximate surface area is 203 Å². The van der Waals surface area contributed by atoms with E-state index in [-0.39, 0.29) is 24.0 Å². The average Bonchev–Trinajstić information content (AvgIpc) is 2.69. The van der Waals surface area contributed by atoms with Crippen molar-refractivity contribution in [2.45, 2.75) is 39.7 Å². The molecule has 1 amide bonds. The number of guanidine groups is 1. The van der Waals surface area contributed by atoms with Crippen LogP contribution in [0.2, 0.25) is 0 Å². The molecule has 0 radical (unpaired) electrons. The molecule has 31 heavy (non-hydrogen) atoms. The Bertz CT molecular complexity index is 671. The van der Waals surface area contributed by atoms with E-state index in [0.29, 0.717) is 0 Å². The van der Waals surface area contributed by atoms with Gasteiger partial charge in [-0.15, -0.1) is 24.0 Å². The lowest BCUT2D eigenvalue weighted by Crippen LogP contribution is -2.40. The number of hydrogen-bond acceptors (Lipinski definition) is 5. The van der Waals surface area contributed by atoms with Crippen molar-refractivity contribution < 1.29 is 14.3 Å². The van der Waals surface area contributed by atoms with Crippen molar-refractivity contribution in [2.24, 2.45) is 4.99 Å². The van der Waals surface area contributed by atoms with E-state index in [9.17, 15) is 4.79 Å². The van der Waals surface area contributed by atoms with Crippen molar-refractivity contribution in [3.8, 4) is 0 Å². The van der Waals surface area contributed by atoms with Crippen LogP contribution in [0.1, 0.15) is 33.3 Å². The van der Waals surface area contributed by atoms with Crippen molar-refractivity contribution in [3.63, 3.8) is 0 Å². The number of morpholine rings is 1. The lowest BCUT2D eigenvalue weighted by molar-refractivity contribution is 0.0394. The van der Waals surface area contributed by atoms with Crippen LogP contribution in [0.25, 0.3) is 0 Å². The van der Waals surface area contributed by atoms with Crippen molar-refractivity contribution in [3.05, 3.63) is 29.8 Å². The zero-order valence-corrected chi connectivity index (χ0v) is 21.5. The summed E-state index contributed by atoms with van der Waals surface area (Å²) in [5, 5.41) is 9.42. The Hall–Kier alpha value is -1.59. The van der Waals surface area contributed by atoms with Gasteiger partial charge in [-0.3, -0.25) is 15.2 Å². The molecule has 1 aliphatic rings. The minimum absolute atomic E-state index is 0. The number of carbonyl (C=O) groups is 1. The monoisotopic (exact) mass is 547 g/mol. The molecule has 176 valence electrons. The van der Waals surface area contributed by atoms with Crippen LogP contribution in [0.3, 0.4) is 0 Å². The Morgan fingerprint density at radius 1 is 1.16 bits per heavy atom. The summed E-state index contributed by atoms with van der Waals surface area (Å²) in [7, 11) is 0. The van der Waals surface area contributed by atoms with Crippen molar-refractivity contribution >= 4 is 41.7 Å². The molecule has 0 aliphatic carbocycles. The van der Waals surface area contributed by atoms with E-state index >= 15 is 0 Å². The Balaban J connectivity index is 0.00000480. The number of halogens is 1. The summed E-state index contributed by atoms with van der Waals surface area (Å²) < 4.78 is 10.6. The van der Waals surface area contributed by atoms with Gasteiger partial charge in [-0.2, -0.15) is 0 Å². The molecule has 2 rings (SSSR count). The van der Waals surface area contributed by atoms with E-state index in [2.05, 4.69) is 32.8 Å². The van der Waals surface area contributed by atoms with Gasteiger partial charge in [-0.05, 0) is 51.8 Å². The zero-order chi connectivity index (χ0) is 21.8.